The molecule has 19 heavy (non-hydrogen) atoms. The molecule has 0 saturated carbocycles. The van der Waals surface area contributed by atoms with E-state index in [9.17, 15) is 0 Å². The molecular formula is C15H15NO2S. The van der Waals surface area contributed by atoms with Gasteiger partial charge in [0.1, 0.15) is 0 Å². The Morgan fingerprint density at radius 2 is 1.95 bits per heavy atom. The van der Waals surface area contributed by atoms with Gasteiger partial charge in [-0.15, -0.1) is 11.8 Å². The van der Waals surface area contributed by atoms with Crippen molar-refractivity contribution in [1.29, 1.82) is 0 Å². The summed E-state index contributed by atoms with van der Waals surface area (Å²) in [5.74, 6) is 1.69. The van der Waals surface area contributed by atoms with Crippen LogP contribution < -0.4 is 14.8 Å². The third-order valence-corrected chi connectivity index (χ3v) is 3.79. The minimum absolute atomic E-state index is 0.314. The van der Waals surface area contributed by atoms with Gasteiger partial charge in [-0.25, -0.2) is 0 Å². The Kier molecular flexibility index (Phi) is 3.51. The van der Waals surface area contributed by atoms with Gasteiger partial charge in [0.25, 0.3) is 0 Å². The smallest absolute Gasteiger partial charge is 0.231 e. The van der Waals surface area contributed by atoms with Crippen LogP contribution in [0.3, 0.4) is 0 Å². The maximum atomic E-state index is 5.49. The van der Waals surface area contributed by atoms with E-state index in [1.54, 1.807) is 11.8 Å². The quantitative estimate of drug-likeness (QED) is 0.859. The number of benzene rings is 2. The van der Waals surface area contributed by atoms with E-state index in [4.69, 9.17) is 9.47 Å². The second-order valence-corrected chi connectivity index (χ2v) is 5.11. The molecule has 0 atom stereocenters. The molecule has 0 unspecified atom stereocenters. The van der Waals surface area contributed by atoms with E-state index in [2.05, 4.69) is 41.9 Å². The first-order valence-corrected chi connectivity index (χ1v) is 7.35. The number of hydrogen-bond acceptors (Lipinski definition) is 4. The molecule has 3 rings (SSSR count). The summed E-state index contributed by atoms with van der Waals surface area (Å²) >= 11 is 1.74. The first-order valence-electron chi connectivity index (χ1n) is 6.12. The average Bonchev–Trinajstić information content (AvgIpc) is 2.94. The van der Waals surface area contributed by atoms with E-state index in [1.807, 2.05) is 12.1 Å². The highest BCUT2D eigenvalue weighted by Crippen LogP contribution is 2.35. The average molecular weight is 273 g/mol. The first kappa shape index (κ1) is 12.2. The number of thioether (sulfide) groups is 1. The van der Waals surface area contributed by atoms with Gasteiger partial charge in [0, 0.05) is 22.7 Å². The standard InChI is InChI=1S/C15H15NO2S/c1-19-13-7-5-12(6-8-13)16-9-11-3-2-4-14-15(11)18-10-17-14/h2-8,16H,9-10H2,1H3. The zero-order chi connectivity index (χ0) is 13.1. The summed E-state index contributed by atoms with van der Waals surface area (Å²) in [5.41, 5.74) is 2.22. The molecule has 98 valence electrons. The van der Waals surface area contributed by atoms with Crippen molar-refractivity contribution in [3.63, 3.8) is 0 Å². The summed E-state index contributed by atoms with van der Waals surface area (Å²) in [7, 11) is 0. The summed E-state index contributed by atoms with van der Waals surface area (Å²) in [6.45, 7) is 1.04. The highest BCUT2D eigenvalue weighted by Gasteiger charge is 2.16. The topological polar surface area (TPSA) is 30.5 Å². The number of fused-ring (bicyclic) bond motifs is 1. The van der Waals surface area contributed by atoms with Crippen LogP contribution >= 0.6 is 11.8 Å². The molecule has 0 radical (unpaired) electrons. The van der Waals surface area contributed by atoms with Gasteiger partial charge in [-0.05, 0) is 36.6 Å². The summed E-state index contributed by atoms with van der Waals surface area (Å²) in [6, 6.07) is 14.4. The third-order valence-electron chi connectivity index (χ3n) is 3.05. The molecule has 0 spiro atoms. The lowest BCUT2D eigenvalue weighted by atomic mass is 10.2. The predicted octanol–water partition coefficient (Wildman–Crippen LogP) is 3.75. The van der Waals surface area contributed by atoms with Crippen LogP contribution in [0.5, 0.6) is 11.5 Å². The molecule has 0 bridgehead atoms. The second kappa shape index (κ2) is 5.45. The van der Waals surface area contributed by atoms with Gasteiger partial charge in [-0.2, -0.15) is 0 Å². The maximum absolute atomic E-state index is 5.49. The number of para-hydroxylation sites is 1. The largest absolute Gasteiger partial charge is 0.454 e. The van der Waals surface area contributed by atoms with Crippen molar-refractivity contribution in [3.05, 3.63) is 48.0 Å². The second-order valence-electron chi connectivity index (χ2n) is 4.23. The highest BCUT2D eigenvalue weighted by molar-refractivity contribution is 7.98. The highest BCUT2D eigenvalue weighted by atomic mass is 32.2. The van der Waals surface area contributed by atoms with Crippen LogP contribution in [0.25, 0.3) is 0 Å². The molecule has 1 N–H and O–H groups in total. The van der Waals surface area contributed by atoms with E-state index < -0.39 is 0 Å². The number of anilines is 1. The first-order chi connectivity index (χ1) is 9.36. The normalized spacial score (nSPS) is 12.5. The van der Waals surface area contributed by atoms with Gasteiger partial charge < -0.3 is 14.8 Å². The minimum Gasteiger partial charge on any atom is -0.454 e. The maximum Gasteiger partial charge on any atom is 0.231 e. The van der Waals surface area contributed by atoms with Crippen LogP contribution in [0.15, 0.2) is 47.4 Å². The van der Waals surface area contributed by atoms with Crippen molar-refractivity contribution in [2.75, 3.05) is 18.4 Å². The molecule has 0 aliphatic carbocycles. The zero-order valence-electron chi connectivity index (χ0n) is 10.7. The van der Waals surface area contributed by atoms with Crippen molar-refractivity contribution >= 4 is 17.4 Å². The summed E-state index contributed by atoms with van der Waals surface area (Å²) < 4.78 is 10.9. The lowest BCUT2D eigenvalue weighted by Gasteiger charge is -2.09. The zero-order valence-corrected chi connectivity index (χ0v) is 11.5. The van der Waals surface area contributed by atoms with Crippen molar-refractivity contribution in [1.82, 2.24) is 0 Å². The van der Waals surface area contributed by atoms with Crippen LogP contribution in [0, 0.1) is 0 Å². The molecule has 1 aliphatic heterocycles. The van der Waals surface area contributed by atoms with Crippen LogP contribution in [0.1, 0.15) is 5.56 Å². The van der Waals surface area contributed by atoms with Crippen LogP contribution in [-0.2, 0) is 6.54 Å². The van der Waals surface area contributed by atoms with Gasteiger partial charge in [-0.3, -0.25) is 0 Å². The molecular weight excluding hydrogens is 258 g/mol. The van der Waals surface area contributed by atoms with Crippen molar-refractivity contribution < 1.29 is 9.47 Å². The van der Waals surface area contributed by atoms with E-state index >= 15 is 0 Å². The fraction of sp³-hybridized carbons (Fsp3) is 0.200. The predicted molar refractivity (Wildman–Crippen MR) is 78.1 cm³/mol. The monoisotopic (exact) mass is 273 g/mol. The lowest BCUT2D eigenvalue weighted by Crippen LogP contribution is -2.01. The van der Waals surface area contributed by atoms with E-state index in [-0.39, 0.29) is 0 Å². The van der Waals surface area contributed by atoms with Gasteiger partial charge in [-0.1, -0.05) is 12.1 Å². The van der Waals surface area contributed by atoms with Crippen molar-refractivity contribution in [2.45, 2.75) is 11.4 Å². The summed E-state index contributed by atoms with van der Waals surface area (Å²) in [6.07, 6.45) is 2.08. The van der Waals surface area contributed by atoms with Crippen LogP contribution in [-0.4, -0.2) is 13.0 Å². The Morgan fingerprint density at radius 3 is 2.74 bits per heavy atom. The van der Waals surface area contributed by atoms with E-state index in [0.717, 1.165) is 29.3 Å². The number of rotatable bonds is 4. The lowest BCUT2D eigenvalue weighted by molar-refractivity contribution is 0.173. The molecule has 0 aromatic heterocycles. The molecule has 1 heterocycles. The molecule has 3 nitrogen and oxygen atoms in total. The van der Waals surface area contributed by atoms with Crippen molar-refractivity contribution in [3.8, 4) is 11.5 Å². The van der Waals surface area contributed by atoms with Crippen LogP contribution in [0.2, 0.25) is 0 Å². The molecule has 1 aliphatic rings. The Hall–Kier alpha value is -1.81. The number of nitrogens with one attached hydrogen (secondary N) is 1. The number of ether oxygens (including phenoxy) is 2. The molecule has 0 saturated heterocycles. The Morgan fingerprint density at radius 1 is 1.11 bits per heavy atom. The molecule has 2 aromatic rings. The van der Waals surface area contributed by atoms with Gasteiger partial charge >= 0.3 is 0 Å². The fourth-order valence-electron chi connectivity index (χ4n) is 2.04. The van der Waals surface area contributed by atoms with Gasteiger partial charge in [0.15, 0.2) is 11.5 Å². The van der Waals surface area contributed by atoms with Gasteiger partial charge in [0.05, 0.1) is 0 Å². The van der Waals surface area contributed by atoms with Crippen LogP contribution in [0.4, 0.5) is 5.69 Å². The molecule has 0 fully saturated rings. The molecule has 2 aromatic carbocycles. The summed E-state index contributed by atoms with van der Waals surface area (Å²) in [5, 5.41) is 3.40. The Bertz CT molecular complexity index is 569. The number of hydrogen-bond donors (Lipinski definition) is 1. The molecule has 4 heteroatoms. The minimum atomic E-state index is 0.314. The Labute approximate surface area is 116 Å². The SMILES string of the molecule is CSc1ccc(NCc2cccc3c2OCO3)cc1. The fourth-order valence-corrected chi connectivity index (χ4v) is 2.44. The third kappa shape index (κ3) is 2.63. The van der Waals surface area contributed by atoms with E-state index in [1.165, 1.54) is 4.90 Å². The summed E-state index contributed by atoms with van der Waals surface area (Å²) in [4.78, 5) is 1.27. The molecule has 0 amide bonds. The van der Waals surface area contributed by atoms with Crippen molar-refractivity contribution in [2.24, 2.45) is 0 Å². The Balaban J connectivity index is 1.70. The van der Waals surface area contributed by atoms with E-state index in [0.29, 0.717) is 6.79 Å². The van der Waals surface area contributed by atoms with Gasteiger partial charge in [0.2, 0.25) is 6.79 Å².